The van der Waals surface area contributed by atoms with Crippen molar-refractivity contribution in [2.45, 2.75) is 0 Å². The van der Waals surface area contributed by atoms with Gasteiger partial charge in [-0.1, -0.05) is 12.2 Å². The number of hydrogen-bond acceptors (Lipinski definition) is 3. The maximum Gasteiger partial charge on any atom is 0.326 e. The number of rotatable bonds is 1. The molecule has 1 N–H and O–H groups in total. The number of nitrogens with zero attached hydrogens (tertiary/aromatic N) is 1. The first-order valence-corrected chi connectivity index (χ1v) is 5.36. The Balaban J connectivity index is 2.77. The molecule has 0 atom stereocenters. The fourth-order valence-electron chi connectivity index (χ4n) is 1.24. The van der Waals surface area contributed by atoms with Crippen molar-refractivity contribution in [2.24, 2.45) is 7.05 Å². The molecule has 2 aromatic heterocycles. The molecular formula is C9H8N2OS2. The molecular weight excluding hydrogens is 216 g/mol. The molecule has 2 aromatic rings. The molecule has 0 aliphatic rings. The molecule has 2 rings (SSSR count). The van der Waals surface area contributed by atoms with Gasteiger partial charge >= 0.3 is 5.69 Å². The van der Waals surface area contributed by atoms with Gasteiger partial charge in [-0.05, 0) is 17.5 Å². The Kier molecular flexibility index (Phi) is 2.35. The van der Waals surface area contributed by atoms with Crippen LogP contribution in [0.25, 0.3) is 11.3 Å². The molecule has 14 heavy (non-hydrogen) atoms. The van der Waals surface area contributed by atoms with Crippen molar-refractivity contribution >= 4 is 23.6 Å². The Morgan fingerprint density at radius 1 is 1.57 bits per heavy atom. The molecule has 0 amide bonds. The minimum Gasteiger partial charge on any atom is -0.298 e. The molecule has 0 spiro atoms. The summed E-state index contributed by atoms with van der Waals surface area (Å²) >= 11 is 6.55. The highest BCUT2D eigenvalue weighted by Gasteiger charge is 2.03. The number of hydrogen-bond donors (Lipinski definition) is 1. The van der Waals surface area contributed by atoms with Gasteiger partial charge in [0.1, 0.15) is 4.64 Å². The van der Waals surface area contributed by atoms with E-state index in [4.69, 9.17) is 12.2 Å². The Hall–Kier alpha value is -1.20. The predicted molar refractivity (Wildman–Crippen MR) is 60.2 cm³/mol. The van der Waals surface area contributed by atoms with Crippen LogP contribution < -0.4 is 5.69 Å². The van der Waals surface area contributed by atoms with E-state index in [9.17, 15) is 4.79 Å². The summed E-state index contributed by atoms with van der Waals surface area (Å²) in [5, 5.41) is 3.96. The number of nitrogens with one attached hydrogen (secondary N) is 1. The first-order chi connectivity index (χ1) is 6.68. The van der Waals surface area contributed by atoms with Gasteiger partial charge in [-0.15, -0.1) is 0 Å². The zero-order valence-electron chi connectivity index (χ0n) is 7.48. The van der Waals surface area contributed by atoms with E-state index >= 15 is 0 Å². The molecule has 72 valence electrons. The van der Waals surface area contributed by atoms with E-state index < -0.39 is 0 Å². The summed E-state index contributed by atoms with van der Waals surface area (Å²) in [6, 6.07) is 3.76. The lowest BCUT2D eigenvalue weighted by molar-refractivity contribution is 0.816. The van der Waals surface area contributed by atoms with Gasteiger partial charge in [-0.3, -0.25) is 9.55 Å². The molecule has 0 saturated heterocycles. The van der Waals surface area contributed by atoms with Gasteiger partial charge in [0.25, 0.3) is 0 Å². The second kappa shape index (κ2) is 3.51. The smallest absolute Gasteiger partial charge is 0.298 e. The lowest BCUT2D eigenvalue weighted by Crippen LogP contribution is -2.21. The van der Waals surface area contributed by atoms with Gasteiger partial charge in [0.15, 0.2) is 0 Å². The molecule has 0 bridgehead atoms. The third-order valence-electron chi connectivity index (χ3n) is 1.98. The predicted octanol–water partition coefficient (Wildman–Crippen LogP) is 2.17. The molecule has 2 heterocycles. The second-order valence-electron chi connectivity index (χ2n) is 2.90. The van der Waals surface area contributed by atoms with Crippen LogP contribution in [0.4, 0.5) is 0 Å². The summed E-state index contributed by atoms with van der Waals surface area (Å²) in [4.78, 5) is 14.0. The standard InChI is InChI=1S/C9H8N2OS2/c1-11-7(6-2-3-14-5-6)4-8(13)10-9(11)12/h2-5H,1H3,(H,10,12,13). The Morgan fingerprint density at radius 3 is 3.00 bits per heavy atom. The van der Waals surface area contributed by atoms with E-state index in [2.05, 4.69) is 4.98 Å². The average Bonchev–Trinajstić information content (AvgIpc) is 2.63. The summed E-state index contributed by atoms with van der Waals surface area (Å²) in [5.41, 5.74) is 1.69. The third-order valence-corrected chi connectivity index (χ3v) is 2.88. The van der Waals surface area contributed by atoms with E-state index in [1.165, 1.54) is 0 Å². The van der Waals surface area contributed by atoms with Crippen LogP contribution in [0.2, 0.25) is 0 Å². The van der Waals surface area contributed by atoms with Gasteiger partial charge < -0.3 is 0 Å². The van der Waals surface area contributed by atoms with Crippen LogP contribution in [0.5, 0.6) is 0 Å². The zero-order chi connectivity index (χ0) is 10.1. The summed E-state index contributed by atoms with van der Waals surface area (Å²) in [5.74, 6) is 0. The topological polar surface area (TPSA) is 37.8 Å². The maximum absolute atomic E-state index is 11.4. The Bertz CT molecular complexity index is 551. The highest BCUT2D eigenvalue weighted by molar-refractivity contribution is 7.71. The minimum absolute atomic E-state index is 0.182. The molecule has 0 aromatic carbocycles. The molecule has 0 unspecified atom stereocenters. The van der Waals surface area contributed by atoms with Gasteiger partial charge in [-0.25, -0.2) is 4.79 Å². The number of aromatic amines is 1. The van der Waals surface area contributed by atoms with Crippen LogP contribution in [0.15, 0.2) is 27.7 Å². The van der Waals surface area contributed by atoms with Gasteiger partial charge in [0.05, 0.1) is 5.69 Å². The highest BCUT2D eigenvalue weighted by atomic mass is 32.1. The molecule has 0 saturated carbocycles. The van der Waals surface area contributed by atoms with Crippen LogP contribution in [0.1, 0.15) is 0 Å². The SMILES string of the molecule is Cn1c(-c2ccsc2)cc(=S)[nH]c1=O. The van der Waals surface area contributed by atoms with Crippen molar-refractivity contribution in [1.82, 2.24) is 9.55 Å². The molecule has 3 nitrogen and oxygen atoms in total. The third kappa shape index (κ3) is 1.56. The highest BCUT2D eigenvalue weighted by Crippen LogP contribution is 2.19. The quantitative estimate of drug-likeness (QED) is 0.754. The summed E-state index contributed by atoms with van der Waals surface area (Å²) in [6.45, 7) is 0. The number of aromatic nitrogens is 2. The zero-order valence-corrected chi connectivity index (χ0v) is 9.11. The summed E-state index contributed by atoms with van der Waals surface area (Å²) in [6.07, 6.45) is 0. The number of thiophene rings is 1. The van der Waals surface area contributed by atoms with Crippen LogP contribution in [-0.4, -0.2) is 9.55 Å². The van der Waals surface area contributed by atoms with Gasteiger partial charge in [-0.2, -0.15) is 11.3 Å². The fourth-order valence-corrected chi connectivity index (χ4v) is 2.09. The Labute approximate surface area is 89.7 Å². The Morgan fingerprint density at radius 2 is 2.36 bits per heavy atom. The molecule has 0 aliphatic carbocycles. The van der Waals surface area contributed by atoms with Crippen LogP contribution in [0, 0.1) is 4.64 Å². The van der Waals surface area contributed by atoms with Crippen molar-refractivity contribution in [3.05, 3.63) is 38.0 Å². The van der Waals surface area contributed by atoms with Crippen molar-refractivity contribution in [3.63, 3.8) is 0 Å². The van der Waals surface area contributed by atoms with E-state index in [1.54, 1.807) is 29.0 Å². The van der Waals surface area contributed by atoms with Crippen LogP contribution >= 0.6 is 23.6 Å². The monoisotopic (exact) mass is 224 g/mol. The maximum atomic E-state index is 11.4. The van der Waals surface area contributed by atoms with Crippen LogP contribution in [0.3, 0.4) is 0 Å². The number of H-pyrrole nitrogens is 1. The van der Waals surface area contributed by atoms with Gasteiger partial charge in [0.2, 0.25) is 0 Å². The molecule has 0 radical (unpaired) electrons. The van der Waals surface area contributed by atoms with E-state index in [0.29, 0.717) is 4.64 Å². The van der Waals surface area contributed by atoms with Crippen molar-refractivity contribution in [2.75, 3.05) is 0 Å². The normalized spacial score (nSPS) is 10.4. The van der Waals surface area contributed by atoms with E-state index in [-0.39, 0.29) is 5.69 Å². The van der Waals surface area contributed by atoms with E-state index in [1.807, 2.05) is 16.8 Å². The van der Waals surface area contributed by atoms with E-state index in [0.717, 1.165) is 11.3 Å². The first kappa shape index (κ1) is 9.36. The van der Waals surface area contributed by atoms with Crippen molar-refractivity contribution in [3.8, 4) is 11.3 Å². The van der Waals surface area contributed by atoms with Gasteiger partial charge in [0, 0.05) is 18.0 Å². The second-order valence-corrected chi connectivity index (χ2v) is 4.11. The molecule has 0 aliphatic heterocycles. The van der Waals surface area contributed by atoms with Crippen molar-refractivity contribution < 1.29 is 0 Å². The lowest BCUT2D eigenvalue weighted by atomic mass is 10.2. The fraction of sp³-hybridized carbons (Fsp3) is 0.111. The average molecular weight is 224 g/mol. The minimum atomic E-state index is -0.182. The summed E-state index contributed by atoms with van der Waals surface area (Å²) < 4.78 is 2.02. The lowest BCUT2D eigenvalue weighted by Gasteiger charge is -2.04. The van der Waals surface area contributed by atoms with Crippen molar-refractivity contribution in [1.29, 1.82) is 0 Å². The van der Waals surface area contributed by atoms with Crippen LogP contribution in [-0.2, 0) is 7.05 Å². The molecule has 0 fully saturated rings. The summed E-state index contributed by atoms with van der Waals surface area (Å²) in [7, 11) is 1.72. The molecule has 5 heteroatoms. The largest absolute Gasteiger partial charge is 0.326 e. The first-order valence-electron chi connectivity index (χ1n) is 4.01.